The molecular formula is C10H14N6O4S. The summed E-state index contributed by atoms with van der Waals surface area (Å²) in [5.41, 5.74) is 0.761. The van der Waals surface area contributed by atoms with Crippen molar-refractivity contribution in [2.75, 3.05) is 12.0 Å². The van der Waals surface area contributed by atoms with Crippen LogP contribution in [0.15, 0.2) is 17.3 Å². The monoisotopic (exact) mass is 314 g/mol. The number of piperazine rings is 1. The molecule has 11 heteroatoms. The van der Waals surface area contributed by atoms with E-state index in [0.717, 1.165) is 16.7 Å². The summed E-state index contributed by atoms with van der Waals surface area (Å²) >= 11 is 0. The lowest BCUT2D eigenvalue weighted by Crippen LogP contribution is -2.65. The Bertz CT molecular complexity index is 684. The normalized spacial score (nSPS) is 19.2. The predicted molar refractivity (Wildman–Crippen MR) is 71.0 cm³/mol. The quantitative estimate of drug-likeness (QED) is 0.336. The molecule has 0 radical (unpaired) electrons. The number of aromatic nitrogens is 2. The van der Waals surface area contributed by atoms with Crippen molar-refractivity contribution >= 4 is 27.8 Å². The van der Waals surface area contributed by atoms with Gasteiger partial charge in [-0.05, 0) is 13.8 Å². The number of nitrogens with zero attached hydrogens (tertiary/aromatic N) is 3. The summed E-state index contributed by atoms with van der Waals surface area (Å²) in [4.78, 5) is 30.4. The van der Waals surface area contributed by atoms with E-state index in [1.165, 1.54) is 13.8 Å². The van der Waals surface area contributed by atoms with Gasteiger partial charge in [0.2, 0.25) is 27.8 Å². The summed E-state index contributed by atoms with van der Waals surface area (Å²) in [6.45, 7) is 2.35. The number of carbonyl (C=O) groups excluding carboxylic acids is 2. The van der Waals surface area contributed by atoms with Crippen molar-refractivity contribution in [2.24, 2.45) is 5.84 Å². The summed E-state index contributed by atoms with van der Waals surface area (Å²) in [7, 11) is -4.10. The van der Waals surface area contributed by atoms with Gasteiger partial charge in [-0.15, -0.1) is 0 Å². The van der Waals surface area contributed by atoms with Crippen LogP contribution in [-0.2, 0) is 19.6 Å². The highest BCUT2D eigenvalue weighted by Crippen LogP contribution is 2.26. The Hall–Kier alpha value is -2.11. The van der Waals surface area contributed by atoms with E-state index in [2.05, 4.69) is 20.7 Å². The number of anilines is 1. The van der Waals surface area contributed by atoms with Crippen LogP contribution in [0.5, 0.6) is 0 Å². The van der Waals surface area contributed by atoms with Crippen molar-refractivity contribution < 1.29 is 18.0 Å². The van der Waals surface area contributed by atoms with Crippen molar-refractivity contribution in [3.8, 4) is 0 Å². The largest absolute Gasteiger partial charge is 0.294 e. The first-order valence-corrected chi connectivity index (χ1v) is 7.29. The first-order chi connectivity index (χ1) is 9.69. The zero-order chi connectivity index (χ0) is 15.8. The van der Waals surface area contributed by atoms with Crippen LogP contribution in [0.1, 0.15) is 13.8 Å². The number of nitrogens with one attached hydrogen (secondary N) is 2. The minimum atomic E-state index is -4.10. The molecule has 114 valence electrons. The molecule has 0 atom stereocenters. The van der Waals surface area contributed by atoms with Gasteiger partial charge < -0.3 is 0 Å². The standard InChI is InChI=1S/C10H14N6O4S/c1-10(2)8(18)14-7(17)5-16(10)21(19,20)6-3-12-9(15-11)13-4-6/h3-4H,5,11H2,1-2H3,(H,12,13,15)(H,14,17,18). The van der Waals surface area contributed by atoms with Crippen LogP contribution >= 0.6 is 0 Å². The second kappa shape index (κ2) is 5.02. The van der Waals surface area contributed by atoms with Crippen LogP contribution in [0, 0.1) is 0 Å². The first kappa shape index (κ1) is 15.3. The van der Waals surface area contributed by atoms with Crippen LogP contribution in [0.2, 0.25) is 0 Å². The van der Waals surface area contributed by atoms with Crippen molar-refractivity contribution in [3.63, 3.8) is 0 Å². The molecular weight excluding hydrogens is 300 g/mol. The van der Waals surface area contributed by atoms with Crippen LogP contribution in [0.3, 0.4) is 0 Å². The Morgan fingerprint density at radius 3 is 2.43 bits per heavy atom. The van der Waals surface area contributed by atoms with Crippen LogP contribution in [-0.4, -0.2) is 46.6 Å². The van der Waals surface area contributed by atoms with Gasteiger partial charge in [-0.2, -0.15) is 4.31 Å². The Morgan fingerprint density at radius 2 is 1.90 bits per heavy atom. The zero-order valence-corrected chi connectivity index (χ0v) is 12.1. The number of rotatable bonds is 3. The molecule has 0 aliphatic carbocycles. The predicted octanol–water partition coefficient (Wildman–Crippen LogP) is -1.81. The lowest BCUT2D eigenvalue weighted by Gasteiger charge is -2.38. The lowest BCUT2D eigenvalue weighted by molar-refractivity contribution is -0.141. The van der Waals surface area contributed by atoms with E-state index < -0.39 is 33.9 Å². The number of hydrazine groups is 1. The zero-order valence-electron chi connectivity index (χ0n) is 11.3. The third kappa shape index (κ3) is 2.57. The van der Waals surface area contributed by atoms with Crippen LogP contribution in [0.4, 0.5) is 5.95 Å². The molecule has 2 rings (SSSR count). The summed E-state index contributed by atoms with van der Waals surface area (Å²) in [6, 6.07) is 0. The second-order valence-corrected chi connectivity index (χ2v) is 6.70. The SMILES string of the molecule is CC1(C)C(=O)NC(=O)CN1S(=O)(=O)c1cnc(NN)nc1. The average molecular weight is 314 g/mol. The number of amides is 2. The van der Waals surface area contributed by atoms with E-state index in [4.69, 9.17) is 5.84 Å². The average Bonchev–Trinajstić information content (AvgIpc) is 2.43. The minimum Gasteiger partial charge on any atom is -0.294 e. The Labute approximate surface area is 120 Å². The van der Waals surface area contributed by atoms with Gasteiger partial charge in [0.25, 0.3) is 0 Å². The fraction of sp³-hybridized carbons (Fsp3) is 0.400. The lowest BCUT2D eigenvalue weighted by atomic mass is 10.0. The number of nitrogens with two attached hydrogens (primary N) is 1. The third-order valence-corrected chi connectivity index (χ3v) is 5.04. The van der Waals surface area contributed by atoms with E-state index in [9.17, 15) is 18.0 Å². The van der Waals surface area contributed by atoms with Gasteiger partial charge in [-0.25, -0.2) is 24.2 Å². The van der Waals surface area contributed by atoms with E-state index in [1.54, 1.807) is 0 Å². The third-order valence-electron chi connectivity index (χ3n) is 3.06. The molecule has 0 bridgehead atoms. The van der Waals surface area contributed by atoms with Crippen molar-refractivity contribution in [2.45, 2.75) is 24.3 Å². The summed E-state index contributed by atoms with van der Waals surface area (Å²) < 4.78 is 25.9. The van der Waals surface area contributed by atoms with Gasteiger partial charge in [-0.1, -0.05) is 0 Å². The molecule has 0 saturated carbocycles. The Balaban J connectivity index is 2.45. The van der Waals surface area contributed by atoms with Crippen molar-refractivity contribution in [1.82, 2.24) is 19.6 Å². The molecule has 4 N–H and O–H groups in total. The van der Waals surface area contributed by atoms with Gasteiger partial charge >= 0.3 is 0 Å². The van der Waals surface area contributed by atoms with Crippen molar-refractivity contribution in [3.05, 3.63) is 12.4 Å². The van der Waals surface area contributed by atoms with Gasteiger partial charge in [0.1, 0.15) is 10.4 Å². The maximum Gasteiger partial charge on any atom is 0.247 e. The van der Waals surface area contributed by atoms with Crippen molar-refractivity contribution in [1.29, 1.82) is 0 Å². The molecule has 21 heavy (non-hydrogen) atoms. The maximum absolute atomic E-state index is 12.6. The molecule has 1 aliphatic heterocycles. The fourth-order valence-electron chi connectivity index (χ4n) is 1.80. The van der Waals surface area contributed by atoms with E-state index in [0.29, 0.717) is 0 Å². The van der Waals surface area contributed by atoms with E-state index in [-0.39, 0.29) is 10.8 Å². The maximum atomic E-state index is 12.6. The van der Waals surface area contributed by atoms with Gasteiger partial charge in [0, 0.05) is 0 Å². The number of hydrogen-bond acceptors (Lipinski definition) is 8. The van der Waals surface area contributed by atoms with E-state index >= 15 is 0 Å². The molecule has 1 saturated heterocycles. The second-order valence-electron chi connectivity index (χ2n) is 4.83. The number of sulfonamides is 1. The topological polar surface area (TPSA) is 147 Å². The molecule has 0 aromatic carbocycles. The Morgan fingerprint density at radius 1 is 1.33 bits per heavy atom. The van der Waals surface area contributed by atoms with Gasteiger partial charge in [0.05, 0.1) is 18.9 Å². The highest BCUT2D eigenvalue weighted by molar-refractivity contribution is 7.89. The number of hydrogen-bond donors (Lipinski definition) is 3. The molecule has 1 aromatic rings. The first-order valence-electron chi connectivity index (χ1n) is 5.85. The summed E-state index contributed by atoms with van der Waals surface area (Å²) in [6.07, 6.45) is 2.09. The summed E-state index contributed by atoms with van der Waals surface area (Å²) in [5, 5.41) is 2.10. The highest BCUT2D eigenvalue weighted by Gasteiger charge is 2.47. The molecule has 0 spiro atoms. The molecule has 2 amide bonds. The molecule has 0 unspecified atom stereocenters. The molecule has 1 aliphatic rings. The van der Waals surface area contributed by atoms with Crippen LogP contribution < -0.4 is 16.6 Å². The number of nitrogen functional groups attached to an aromatic ring is 1. The van der Waals surface area contributed by atoms with E-state index in [1.807, 2.05) is 0 Å². The number of imide groups is 1. The summed E-state index contributed by atoms with van der Waals surface area (Å²) in [5.74, 6) is 3.76. The molecule has 1 fully saturated rings. The fourth-order valence-corrected chi connectivity index (χ4v) is 3.39. The molecule has 2 heterocycles. The Kier molecular flexibility index (Phi) is 3.65. The highest BCUT2D eigenvalue weighted by atomic mass is 32.2. The number of carbonyl (C=O) groups is 2. The minimum absolute atomic E-state index is 0.0423. The molecule has 1 aromatic heterocycles. The smallest absolute Gasteiger partial charge is 0.247 e. The van der Waals surface area contributed by atoms with Gasteiger partial charge in [-0.3, -0.25) is 20.3 Å². The van der Waals surface area contributed by atoms with Crippen LogP contribution in [0.25, 0.3) is 0 Å². The molecule has 10 nitrogen and oxygen atoms in total. The van der Waals surface area contributed by atoms with Gasteiger partial charge in [0.15, 0.2) is 0 Å².